The molecular formula is C37H30Cl2FeN3. The van der Waals surface area contributed by atoms with Crippen LogP contribution in [-0.4, -0.2) is 16.4 Å². The molecule has 0 saturated carbocycles. The third-order valence-corrected chi connectivity index (χ3v) is 8.65. The van der Waals surface area contributed by atoms with Crippen molar-refractivity contribution in [3.8, 4) is 22.3 Å². The van der Waals surface area contributed by atoms with E-state index < -0.39 is 0 Å². The Labute approximate surface area is 274 Å². The quantitative estimate of drug-likeness (QED) is 0.277. The van der Waals surface area contributed by atoms with Crippen LogP contribution in [0.3, 0.4) is 0 Å². The van der Waals surface area contributed by atoms with Crippen LogP contribution in [-0.2, 0) is 22.4 Å². The first kappa shape index (κ1) is 30.9. The van der Waals surface area contributed by atoms with Gasteiger partial charge in [-0.15, -0.1) is 0 Å². The first-order chi connectivity index (χ1) is 20.2. The van der Waals surface area contributed by atoms with Gasteiger partial charge in [0, 0.05) is 0 Å². The molecule has 0 amide bonds. The van der Waals surface area contributed by atoms with E-state index in [1.54, 1.807) is 0 Å². The first-order valence-corrected chi connectivity index (χ1v) is 15.0. The van der Waals surface area contributed by atoms with Gasteiger partial charge in [-0.1, -0.05) is 6.07 Å². The second kappa shape index (κ2) is 13.8. The van der Waals surface area contributed by atoms with Crippen LogP contribution in [0.4, 0.5) is 11.4 Å². The fourth-order valence-corrected chi connectivity index (χ4v) is 6.35. The normalized spacial score (nSPS) is 17.3. The standard InChI is InChI=1S/C37H30N3.2ClH.Fe/c1-3-13-26(14-4-1)30-19-7-9-21-32(30)38-34-23-11-17-28-25-29-18-12-24-35(37(29)40-36(28)34)39-33-22-10-8-20-31(33)27-15-5-2-6-16-27;;;/h1-10,13-17,19-22,25H,11-12,18,23-24H2;2*1H;/q;;;+2/p-2. The van der Waals surface area contributed by atoms with E-state index in [1.165, 1.54) is 22.3 Å². The number of aromatic nitrogens is 1. The number of pyridine rings is 1. The molecule has 1 unspecified atom stereocenters. The Morgan fingerprint density at radius 3 is 1.67 bits per heavy atom. The molecule has 0 spiro atoms. The molecule has 0 aliphatic heterocycles. The van der Waals surface area contributed by atoms with Crippen molar-refractivity contribution in [1.29, 1.82) is 0 Å². The third kappa shape index (κ3) is 6.39. The molecule has 0 saturated heterocycles. The number of benzene rings is 4. The zero-order chi connectivity index (χ0) is 27.6. The number of aryl methyl sites for hydroxylation is 1. The molecular weight excluding hydrogens is 613 g/mol. The predicted octanol–water partition coefficient (Wildman–Crippen LogP) is 3.38. The van der Waals surface area contributed by atoms with E-state index in [1.807, 2.05) is 6.07 Å². The van der Waals surface area contributed by atoms with E-state index in [0.29, 0.717) is 0 Å². The van der Waals surface area contributed by atoms with Crippen LogP contribution in [0, 0.1) is 0 Å². The van der Waals surface area contributed by atoms with Crippen molar-refractivity contribution < 1.29 is 40.8 Å². The van der Waals surface area contributed by atoms with Crippen molar-refractivity contribution in [3.05, 3.63) is 138 Å². The summed E-state index contributed by atoms with van der Waals surface area (Å²) in [6, 6.07) is 40.2. The Balaban J connectivity index is 0.00000184. The zero-order valence-electron chi connectivity index (χ0n) is 23.5. The Morgan fingerprint density at radius 2 is 1.09 bits per heavy atom. The summed E-state index contributed by atoms with van der Waals surface area (Å²) < 4.78 is 0. The summed E-state index contributed by atoms with van der Waals surface area (Å²) in [7, 11) is 0. The van der Waals surface area contributed by atoms with Gasteiger partial charge in [0.1, 0.15) is 0 Å². The Morgan fingerprint density at radius 1 is 0.581 bits per heavy atom. The minimum atomic E-state index is 0. The number of hydrogen-bond donors (Lipinski definition) is 0. The summed E-state index contributed by atoms with van der Waals surface area (Å²) in [6.07, 6.45) is 4.85. The van der Waals surface area contributed by atoms with Crippen LogP contribution < -0.4 is 24.8 Å². The molecule has 0 radical (unpaired) electrons. The van der Waals surface area contributed by atoms with Crippen LogP contribution >= 0.6 is 0 Å². The Bertz CT molecular complexity index is 1790. The fourth-order valence-electron chi connectivity index (χ4n) is 5.95. The molecule has 1 aromatic heterocycles. The summed E-state index contributed by atoms with van der Waals surface area (Å²) >= 11 is 4.50. The molecule has 4 aromatic carbocycles. The van der Waals surface area contributed by atoms with Gasteiger partial charge in [-0.3, -0.25) is 0 Å². The van der Waals surface area contributed by atoms with Gasteiger partial charge in [0.2, 0.25) is 0 Å². The van der Waals surface area contributed by atoms with Gasteiger partial charge in [0.05, 0.1) is 0 Å². The Hall–Kier alpha value is -3.53. The number of rotatable bonds is 4. The van der Waals surface area contributed by atoms with Crippen molar-refractivity contribution >= 4 is 22.8 Å². The van der Waals surface area contributed by atoms with Crippen molar-refractivity contribution in [1.82, 2.24) is 4.98 Å². The monoisotopic (exact) mass is 642 g/mol. The maximum atomic E-state index is 5.36. The summed E-state index contributed by atoms with van der Waals surface area (Å²) in [5.74, 6) is 0. The fraction of sp³-hybridized carbons (Fsp3) is 0.162. The van der Waals surface area contributed by atoms with Crippen molar-refractivity contribution in [2.24, 2.45) is 9.98 Å². The van der Waals surface area contributed by atoms with Gasteiger partial charge in [-0.2, -0.15) is 0 Å². The maximum absolute atomic E-state index is 5.36. The molecule has 1 atom stereocenters. The molecule has 215 valence electrons. The number of hydrogen-bond acceptors (Lipinski definition) is 3. The summed E-state index contributed by atoms with van der Waals surface area (Å²) in [4.78, 5) is 16.1. The van der Waals surface area contributed by atoms with Gasteiger partial charge >= 0.3 is 245 Å². The summed E-state index contributed by atoms with van der Waals surface area (Å²) in [5.41, 5.74) is 13.2. The van der Waals surface area contributed by atoms with E-state index in [0.717, 1.165) is 77.4 Å². The third-order valence-electron chi connectivity index (χ3n) is 7.98. The molecule has 2 aliphatic carbocycles. The van der Waals surface area contributed by atoms with Gasteiger partial charge in [-0.25, -0.2) is 0 Å². The topological polar surface area (TPSA) is 37.6 Å². The molecule has 7 rings (SSSR count). The number of fused-ring (bicyclic) bond motifs is 2. The molecule has 5 aromatic rings. The zero-order valence-corrected chi connectivity index (χ0v) is 26.1. The average Bonchev–Trinajstić information content (AvgIpc) is 3.03. The van der Waals surface area contributed by atoms with Gasteiger partial charge < -0.3 is 24.8 Å². The van der Waals surface area contributed by atoms with Crippen molar-refractivity contribution in [3.63, 3.8) is 0 Å². The molecule has 1 heterocycles. The van der Waals surface area contributed by atoms with E-state index >= 15 is 0 Å². The molecule has 3 nitrogen and oxygen atoms in total. The van der Waals surface area contributed by atoms with Crippen molar-refractivity contribution in [2.45, 2.75) is 36.9 Å². The second-order valence-electron chi connectivity index (χ2n) is 10.7. The van der Waals surface area contributed by atoms with E-state index in [4.69, 9.17) is 15.0 Å². The van der Waals surface area contributed by atoms with Crippen LogP contribution in [0.5, 0.6) is 0 Å². The van der Waals surface area contributed by atoms with Crippen LogP contribution in [0.25, 0.3) is 22.3 Å². The SMILES string of the molecule is [Cl-].[Cl-].[Fe+2][CH]1CCC(=Nc2ccccc2-c2ccccc2)c2nc3c(cc21)CCCC3=Nc1ccccc1-c1ccccc1. The molecule has 0 fully saturated rings. The van der Waals surface area contributed by atoms with Gasteiger partial charge in [0.15, 0.2) is 0 Å². The van der Waals surface area contributed by atoms with Gasteiger partial charge in [-0.05, 0) is 0 Å². The summed E-state index contributed by atoms with van der Waals surface area (Å²) in [6.45, 7) is 0. The Kier molecular flexibility index (Phi) is 9.95. The van der Waals surface area contributed by atoms with Crippen molar-refractivity contribution in [2.75, 3.05) is 0 Å². The first-order valence-electron chi connectivity index (χ1n) is 14.4. The van der Waals surface area contributed by atoms with Gasteiger partial charge in [0.25, 0.3) is 0 Å². The number of nitrogens with zero attached hydrogens (tertiary/aromatic N) is 3. The van der Waals surface area contributed by atoms with Crippen LogP contribution in [0.2, 0.25) is 0 Å². The number of halogens is 2. The minimum absolute atomic E-state index is 0. The average molecular weight is 643 g/mol. The second-order valence-corrected chi connectivity index (χ2v) is 11.4. The molecule has 0 bridgehead atoms. The van der Waals surface area contributed by atoms with Crippen LogP contribution in [0.1, 0.15) is 53.0 Å². The van der Waals surface area contributed by atoms with E-state index in [-0.39, 0.29) is 29.6 Å². The summed E-state index contributed by atoms with van der Waals surface area (Å²) in [5, 5.41) is 0. The number of para-hydroxylation sites is 2. The molecule has 2 aliphatic rings. The number of aliphatic imine (C=N–C) groups is 2. The predicted molar refractivity (Wildman–Crippen MR) is 165 cm³/mol. The van der Waals surface area contributed by atoms with E-state index in [9.17, 15) is 0 Å². The van der Waals surface area contributed by atoms with Crippen LogP contribution in [0.15, 0.2) is 125 Å². The van der Waals surface area contributed by atoms with E-state index in [2.05, 4.69) is 125 Å². The molecule has 0 N–H and O–H groups in total. The molecule has 6 heteroatoms. The molecule has 43 heavy (non-hydrogen) atoms.